The zero-order valence-corrected chi connectivity index (χ0v) is 12.7. The van der Waals surface area contributed by atoms with Crippen LogP contribution in [-0.4, -0.2) is 17.1 Å². The molecule has 3 atom stereocenters. The van der Waals surface area contributed by atoms with Gasteiger partial charge in [-0.05, 0) is 24.0 Å². The zero-order chi connectivity index (χ0) is 15.6. The Hall–Kier alpha value is -2.13. The maximum Gasteiger partial charge on any atom is 0.321 e. The minimum absolute atomic E-state index is 0.0964. The quantitative estimate of drug-likeness (QED) is 0.911. The fraction of sp³-hybridized carbons (Fsp3) is 0.316. The summed E-state index contributed by atoms with van der Waals surface area (Å²) in [7, 11) is 0. The van der Waals surface area contributed by atoms with E-state index in [2.05, 4.69) is 24.4 Å². The normalized spacial score (nSPS) is 28.2. The van der Waals surface area contributed by atoms with Crippen molar-refractivity contribution in [1.82, 2.24) is 5.32 Å². The summed E-state index contributed by atoms with van der Waals surface area (Å²) in [5.41, 5.74) is 1.85. The Balaban J connectivity index is 1.91. The highest BCUT2D eigenvalue weighted by atomic mass is 16.4. The van der Waals surface area contributed by atoms with E-state index in [1.807, 2.05) is 48.5 Å². The highest BCUT2D eigenvalue weighted by Gasteiger charge is 2.45. The summed E-state index contributed by atoms with van der Waals surface area (Å²) in [4.78, 5) is 11.9. The zero-order valence-electron chi connectivity index (χ0n) is 12.7. The molecule has 22 heavy (non-hydrogen) atoms. The maximum absolute atomic E-state index is 11.9. The van der Waals surface area contributed by atoms with Gasteiger partial charge in [0.15, 0.2) is 0 Å². The first-order valence-corrected chi connectivity index (χ1v) is 7.70. The molecule has 0 amide bonds. The third kappa shape index (κ3) is 2.64. The molecule has 1 aliphatic rings. The standard InChI is InChI=1S/C19H21NO2/c1-19(15-10-6-3-7-11-15)13-12-16(20-17(19)18(21)22)14-8-4-2-5-9-14/h2-11,16-17,20H,12-13H2,1H3,(H,21,22). The van der Waals surface area contributed by atoms with Crippen LogP contribution in [0.5, 0.6) is 0 Å². The topological polar surface area (TPSA) is 49.3 Å². The van der Waals surface area contributed by atoms with Crippen molar-refractivity contribution in [3.05, 3.63) is 71.8 Å². The number of carbonyl (C=O) groups is 1. The Morgan fingerprint density at radius 2 is 1.68 bits per heavy atom. The molecule has 114 valence electrons. The first-order valence-electron chi connectivity index (χ1n) is 7.70. The lowest BCUT2D eigenvalue weighted by Gasteiger charge is -2.43. The first kappa shape index (κ1) is 14.8. The Morgan fingerprint density at radius 1 is 1.09 bits per heavy atom. The van der Waals surface area contributed by atoms with E-state index in [-0.39, 0.29) is 6.04 Å². The Labute approximate surface area is 131 Å². The molecule has 1 saturated heterocycles. The van der Waals surface area contributed by atoms with Crippen molar-refractivity contribution in [1.29, 1.82) is 0 Å². The van der Waals surface area contributed by atoms with E-state index < -0.39 is 17.4 Å². The highest BCUT2D eigenvalue weighted by Crippen LogP contribution is 2.40. The molecule has 1 aliphatic heterocycles. The number of piperidine rings is 1. The minimum atomic E-state index is -0.785. The molecule has 3 nitrogen and oxygen atoms in total. The fourth-order valence-corrected chi connectivity index (χ4v) is 3.48. The van der Waals surface area contributed by atoms with Gasteiger partial charge in [0.05, 0.1) is 0 Å². The summed E-state index contributed by atoms with van der Waals surface area (Å²) in [6.07, 6.45) is 1.78. The molecule has 3 heteroatoms. The predicted octanol–water partition coefficient (Wildman–Crippen LogP) is 3.52. The van der Waals surface area contributed by atoms with Gasteiger partial charge >= 0.3 is 5.97 Å². The van der Waals surface area contributed by atoms with Crippen molar-refractivity contribution in [3.63, 3.8) is 0 Å². The van der Waals surface area contributed by atoms with Gasteiger partial charge in [0.25, 0.3) is 0 Å². The molecule has 1 heterocycles. The van der Waals surface area contributed by atoms with Crippen LogP contribution < -0.4 is 5.32 Å². The average Bonchev–Trinajstić information content (AvgIpc) is 2.56. The van der Waals surface area contributed by atoms with E-state index in [4.69, 9.17) is 0 Å². The molecule has 1 fully saturated rings. The predicted molar refractivity (Wildman–Crippen MR) is 86.8 cm³/mol. The van der Waals surface area contributed by atoms with Crippen LogP contribution in [0.4, 0.5) is 0 Å². The summed E-state index contributed by atoms with van der Waals surface area (Å²) in [6, 6.07) is 19.6. The third-order valence-corrected chi connectivity index (χ3v) is 4.84. The number of hydrogen-bond acceptors (Lipinski definition) is 2. The molecular formula is C19H21NO2. The lowest BCUT2D eigenvalue weighted by molar-refractivity contribution is -0.142. The van der Waals surface area contributed by atoms with Crippen molar-refractivity contribution in [2.75, 3.05) is 0 Å². The van der Waals surface area contributed by atoms with Crippen LogP contribution in [0.3, 0.4) is 0 Å². The van der Waals surface area contributed by atoms with Crippen LogP contribution in [-0.2, 0) is 10.2 Å². The van der Waals surface area contributed by atoms with Crippen molar-refractivity contribution >= 4 is 5.97 Å². The number of carboxylic acids is 1. The number of aliphatic carboxylic acids is 1. The van der Waals surface area contributed by atoms with Crippen LogP contribution in [0.1, 0.15) is 36.9 Å². The van der Waals surface area contributed by atoms with E-state index in [1.165, 1.54) is 0 Å². The van der Waals surface area contributed by atoms with E-state index in [0.717, 1.165) is 24.0 Å². The number of rotatable bonds is 3. The van der Waals surface area contributed by atoms with E-state index in [0.29, 0.717) is 0 Å². The molecule has 0 aliphatic carbocycles. The molecule has 0 radical (unpaired) electrons. The third-order valence-electron chi connectivity index (χ3n) is 4.84. The van der Waals surface area contributed by atoms with Crippen LogP contribution >= 0.6 is 0 Å². The molecule has 0 saturated carbocycles. The lowest BCUT2D eigenvalue weighted by Crippen LogP contribution is -2.56. The SMILES string of the molecule is CC1(c2ccccc2)CCC(c2ccccc2)NC1C(=O)O. The monoisotopic (exact) mass is 295 g/mol. The molecule has 3 rings (SSSR count). The van der Waals surface area contributed by atoms with Crippen molar-refractivity contribution < 1.29 is 9.90 Å². The van der Waals surface area contributed by atoms with Crippen LogP contribution in [0.2, 0.25) is 0 Å². The van der Waals surface area contributed by atoms with Crippen LogP contribution in [0.15, 0.2) is 60.7 Å². The van der Waals surface area contributed by atoms with Gasteiger partial charge < -0.3 is 5.11 Å². The summed E-state index contributed by atoms with van der Waals surface area (Å²) >= 11 is 0. The molecular weight excluding hydrogens is 274 g/mol. The number of carboxylic acid groups (broad SMARTS) is 1. The Morgan fingerprint density at radius 3 is 2.27 bits per heavy atom. The summed E-state index contributed by atoms with van der Waals surface area (Å²) in [6.45, 7) is 2.05. The Kier molecular flexibility index (Phi) is 3.99. The maximum atomic E-state index is 11.9. The lowest BCUT2D eigenvalue weighted by atomic mass is 9.68. The van der Waals surface area contributed by atoms with Gasteiger partial charge in [0.1, 0.15) is 6.04 Å². The van der Waals surface area contributed by atoms with E-state index in [9.17, 15) is 9.90 Å². The molecule has 2 aromatic carbocycles. The number of benzene rings is 2. The number of nitrogens with one attached hydrogen (secondary N) is 1. The van der Waals surface area contributed by atoms with Crippen molar-refractivity contribution in [2.45, 2.75) is 37.3 Å². The minimum Gasteiger partial charge on any atom is -0.480 e. The van der Waals surface area contributed by atoms with Gasteiger partial charge in [0, 0.05) is 11.5 Å². The second-order valence-corrected chi connectivity index (χ2v) is 6.22. The van der Waals surface area contributed by atoms with Crippen molar-refractivity contribution in [2.24, 2.45) is 0 Å². The summed E-state index contributed by atoms with van der Waals surface area (Å²) in [5, 5.41) is 13.1. The summed E-state index contributed by atoms with van der Waals surface area (Å²) < 4.78 is 0. The largest absolute Gasteiger partial charge is 0.480 e. The van der Waals surface area contributed by atoms with Gasteiger partial charge in [-0.15, -0.1) is 0 Å². The van der Waals surface area contributed by atoms with Crippen LogP contribution in [0.25, 0.3) is 0 Å². The van der Waals surface area contributed by atoms with E-state index >= 15 is 0 Å². The van der Waals surface area contributed by atoms with Crippen molar-refractivity contribution in [3.8, 4) is 0 Å². The number of hydrogen-bond donors (Lipinski definition) is 2. The van der Waals surface area contributed by atoms with Crippen LogP contribution in [0, 0.1) is 0 Å². The average molecular weight is 295 g/mol. The highest BCUT2D eigenvalue weighted by molar-refractivity contribution is 5.76. The van der Waals surface area contributed by atoms with Gasteiger partial charge in [-0.1, -0.05) is 67.6 Å². The molecule has 3 unspecified atom stereocenters. The molecule has 0 aromatic heterocycles. The van der Waals surface area contributed by atoms with E-state index in [1.54, 1.807) is 0 Å². The second-order valence-electron chi connectivity index (χ2n) is 6.22. The van der Waals surface area contributed by atoms with Gasteiger partial charge in [0.2, 0.25) is 0 Å². The molecule has 0 spiro atoms. The molecule has 2 N–H and O–H groups in total. The Bertz CT molecular complexity index is 641. The molecule has 2 aromatic rings. The van der Waals surface area contributed by atoms with Gasteiger partial charge in [-0.25, -0.2) is 0 Å². The first-order chi connectivity index (χ1) is 10.6. The fourth-order valence-electron chi connectivity index (χ4n) is 3.48. The second kappa shape index (κ2) is 5.93. The summed E-state index contributed by atoms with van der Waals surface area (Å²) in [5.74, 6) is -0.785. The smallest absolute Gasteiger partial charge is 0.321 e. The molecule has 0 bridgehead atoms. The van der Waals surface area contributed by atoms with Gasteiger partial charge in [-0.3, -0.25) is 10.1 Å². The van der Waals surface area contributed by atoms with Gasteiger partial charge in [-0.2, -0.15) is 0 Å².